The number of hydrogen-bond donors (Lipinski definition) is 2. The molecule has 0 aromatic heterocycles. The van der Waals surface area contributed by atoms with Gasteiger partial charge in [-0.3, -0.25) is 4.79 Å². The molecule has 4 nitrogen and oxygen atoms in total. The maximum Gasteiger partial charge on any atom is 0.320 e. The van der Waals surface area contributed by atoms with E-state index >= 15 is 0 Å². The third kappa shape index (κ3) is 4.29. The normalized spacial score (nSPS) is 13.6. The van der Waals surface area contributed by atoms with Crippen molar-refractivity contribution in [3.63, 3.8) is 0 Å². The van der Waals surface area contributed by atoms with E-state index in [2.05, 4.69) is 0 Å². The molecule has 0 fully saturated rings. The summed E-state index contributed by atoms with van der Waals surface area (Å²) >= 11 is 0. The van der Waals surface area contributed by atoms with Gasteiger partial charge in [-0.25, -0.2) is 0 Å². The smallest absolute Gasteiger partial charge is 0.320 e. The maximum absolute atomic E-state index is 10.2. The summed E-state index contributed by atoms with van der Waals surface area (Å²) in [6, 6.07) is -0.720. The molecular formula is C6H14N2O2. The van der Waals surface area contributed by atoms with Gasteiger partial charge in [-0.05, 0) is 27.1 Å². The van der Waals surface area contributed by atoms with E-state index < -0.39 is 12.0 Å². The molecule has 0 heterocycles. The molecule has 0 saturated carbocycles. The molecule has 3 N–H and O–H groups in total. The van der Waals surface area contributed by atoms with Crippen LogP contribution < -0.4 is 5.73 Å². The summed E-state index contributed by atoms with van der Waals surface area (Å²) in [6.07, 6.45) is 0.502. The van der Waals surface area contributed by atoms with Crippen molar-refractivity contribution in [2.75, 3.05) is 20.6 Å². The van der Waals surface area contributed by atoms with Gasteiger partial charge in [0, 0.05) is 0 Å². The molecule has 4 heteroatoms. The first-order chi connectivity index (χ1) is 4.54. The Hall–Kier alpha value is -0.610. The van der Waals surface area contributed by atoms with Crippen molar-refractivity contribution in [1.29, 1.82) is 0 Å². The first-order valence-corrected chi connectivity index (χ1v) is 3.17. The Kier molecular flexibility index (Phi) is 3.99. The van der Waals surface area contributed by atoms with Gasteiger partial charge in [0.05, 0.1) is 0 Å². The van der Waals surface area contributed by atoms with E-state index in [4.69, 9.17) is 10.8 Å². The van der Waals surface area contributed by atoms with Gasteiger partial charge >= 0.3 is 5.97 Å². The lowest BCUT2D eigenvalue weighted by molar-refractivity contribution is -0.138. The molecule has 0 aliphatic carbocycles. The van der Waals surface area contributed by atoms with Gasteiger partial charge in [0.25, 0.3) is 0 Å². The fraction of sp³-hybridized carbons (Fsp3) is 0.833. The highest BCUT2D eigenvalue weighted by Gasteiger charge is 2.10. The lowest BCUT2D eigenvalue weighted by atomic mass is 10.2. The zero-order valence-electron chi connectivity index (χ0n) is 6.37. The number of carboxylic acid groups (broad SMARTS) is 1. The predicted octanol–water partition coefficient (Wildman–Crippen LogP) is -0.650. The molecule has 0 radical (unpaired) electrons. The fourth-order valence-corrected chi connectivity index (χ4v) is 0.521. The molecule has 0 aliphatic rings. The molecule has 0 unspecified atom stereocenters. The minimum Gasteiger partial charge on any atom is -0.480 e. The highest BCUT2D eigenvalue weighted by Crippen LogP contribution is 1.88. The summed E-state index contributed by atoms with van der Waals surface area (Å²) in [5.74, 6) is -0.929. The Morgan fingerprint density at radius 2 is 2.20 bits per heavy atom. The Bertz CT molecular complexity index is 114. The molecule has 0 aliphatic heterocycles. The van der Waals surface area contributed by atoms with Crippen molar-refractivity contribution in [3.05, 3.63) is 0 Å². The largest absolute Gasteiger partial charge is 0.480 e. The quantitative estimate of drug-likeness (QED) is 0.553. The minimum atomic E-state index is -0.929. The van der Waals surface area contributed by atoms with Crippen LogP contribution in [0.2, 0.25) is 0 Å². The topological polar surface area (TPSA) is 66.6 Å². The van der Waals surface area contributed by atoms with E-state index in [0.717, 1.165) is 0 Å². The minimum absolute atomic E-state index is 0.502. The summed E-state index contributed by atoms with van der Waals surface area (Å²) in [4.78, 5) is 12.1. The van der Waals surface area contributed by atoms with E-state index in [-0.39, 0.29) is 0 Å². The molecule has 0 saturated heterocycles. The van der Waals surface area contributed by atoms with Gasteiger partial charge in [0.2, 0.25) is 0 Å². The van der Waals surface area contributed by atoms with E-state index in [1.54, 1.807) is 0 Å². The molecule has 0 amide bonds. The van der Waals surface area contributed by atoms with Crippen molar-refractivity contribution in [3.8, 4) is 0 Å². The molecule has 0 aromatic rings. The second kappa shape index (κ2) is 4.24. The Morgan fingerprint density at radius 3 is 2.50 bits per heavy atom. The fourth-order valence-electron chi connectivity index (χ4n) is 0.521. The van der Waals surface area contributed by atoms with Crippen LogP contribution in [0.5, 0.6) is 0 Å². The summed E-state index contributed by atoms with van der Waals surface area (Å²) in [6.45, 7) is 0.716. The zero-order chi connectivity index (χ0) is 8.15. The molecule has 60 valence electrons. The molecule has 10 heavy (non-hydrogen) atoms. The van der Waals surface area contributed by atoms with Crippen LogP contribution in [0, 0.1) is 0 Å². The van der Waals surface area contributed by atoms with E-state index in [9.17, 15) is 4.79 Å². The third-order valence-electron chi connectivity index (χ3n) is 1.20. The number of nitrogens with two attached hydrogens (primary N) is 1. The maximum atomic E-state index is 10.2. The van der Waals surface area contributed by atoms with Crippen molar-refractivity contribution < 1.29 is 9.90 Å². The molecule has 0 bridgehead atoms. The van der Waals surface area contributed by atoms with Crippen molar-refractivity contribution in [2.45, 2.75) is 12.5 Å². The predicted molar refractivity (Wildman–Crippen MR) is 38.8 cm³/mol. The van der Waals surface area contributed by atoms with Crippen LogP contribution in [0.1, 0.15) is 6.42 Å². The van der Waals surface area contributed by atoms with Gasteiger partial charge < -0.3 is 15.7 Å². The van der Waals surface area contributed by atoms with Gasteiger partial charge in [-0.2, -0.15) is 0 Å². The molecule has 1 atom stereocenters. The van der Waals surface area contributed by atoms with Gasteiger partial charge in [0.1, 0.15) is 6.04 Å². The van der Waals surface area contributed by atoms with Gasteiger partial charge in [-0.1, -0.05) is 0 Å². The second-order valence-corrected chi connectivity index (χ2v) is 2.54. The summed E-state index contributed by atoms with van der Waals surface area (Å²) in [5.41, 5.74) is 5.24. The summed E-state index contributed by atoms with van der Waals surface area (Å²) in [5, 5.41) is 8.35. The highest BCUT2D eigenvalue weighted by molar-refractivity contribution is 5.72. The van der Waals surface area contributed by atoms with Gasteiger partial charge in [0.15, 0.2) is 0 Å². The Labute approximate surface area is 60.6 Å². The average Bonchev–Trinajstić information content (AvgIpc) is 1.82. The van der Waals surface area contributed by atoms with Crippen LogP contribution >= 0.6 is 0 Å². The number of carboxylic acids is 1. The first-order valence-electron chi connectivity index (χ1n) is 3.17. The molecule has 0 spiro atoms. The van der Waals surface area contributed by atoms with Crippen LogP contribution in [-0.2, 0) is 4.79 Å². The average molecular weight is 146 g/mol. The highest BCUT2D eigenvalue weighted by atomic mass is 16.4. The number of rotatable bonds is 4. The van der Waals surface area contributed by atoms with Crippen LogP contribution in [0.4, 0.5) is 0 Å². The second-order valence-electron chi connectivity index (χ2n) is 2.54. The van der Waals surface area contributed by atoms with Crippen molar-refractivity contribution in [2.24, 2.45) is 5.73 Å². The Balaban J connectivity index is 3.40. The monoisotopic (exact) mass is 146 g/mol. The van der Waals surface area contributed by atoms with Crippen LogP contribution in [0.15, 0.2) is 0 Å². The lowest BCUT2D eigenvalue weighted by Gasteiger charge is -2.10. The van der Waals surface area contributed by atoms with Crippen LogP contribution in [0.3, 0.4) is 0 Å². The van der Waals surface area contributed by atoms with Crippen molar-refractivity contribution >= 4 is 5.97 Å². The Morgan fingerprint density at radius 1 is 1.70 bits per heavy atom. The summed E-state index contributed by atoms with van der Waals surface area (Å²) < 4.78 is 0. The number of nitrogens with zero attached hydrogens (tertiary/aromatic N) is 1. The van der Waals surface area contributed by atoms with E-state index in [0.29, 0.717) is 13.0 Å². The molecule has 0 rings (SSSR count). The number of aliphatic carboxylic acids is 1. The first kappa shape index (κ1) is 9.39. The van der Waals surface area contributed by atoms with Gasteiger partial charge in [-0.15, -0.1) is 0 Å². The standard InChI is InChI=1S/C6H14N2O2/c1-8(2)4-3-5(7)6(9)10/h5H,3-4,7H2,1-2H3,(H,9,10)/t5-/m1/s1. The molecular weight excluding hydrogens is 132 g/mol. The summed E-state index contributed by atoms with van der Waals surface area (Å²) in [7, 11) is 3.77. The molecule has 0 aromatic carbocycles. The number of carbonyl (C=O) groups is 1. The zero-order valence-corrected chi connectivity index (χ0v) is 6.37. The SMILES string of the molecule is CN(C)CC[C@@H](N)C(=O)O. The lowest BCUT2D eigenvalue weighted by Crippen LogP contribution is -2.33. The van der Waals surface area contributed by atoms with Crippen LogP contribution in [-0.4, -0.2) is 42.7 Å². The number of hydrogen-bond acceptors (Lipinski definition) is 3. The third-order valence-corrected chi connectivity index (χ3v) is 1.20. The van der Waals surface area contributed by atoms with Crippen LogP contribution in [0.25, 0.3) is 0 Å². The van der Waals surface area contributed by atoms with Crippen molar-refractivity contribution in [1.82, 2.24) is 4.90 Å². The van der Waals surface area contributed by atoms with E-state index in [1.807, 2.05) is 19.0 Å². The van der Waals surface area contributed by atoms with E-state index in [1.165, 1.54) is 0 Å².